The van der Waals surface area contributed by atoms with Gasteiger partial charge in [0.25, 0.3) is 0 Å². The lowest BCUT2D eigenvalue weighted by molar-refractivity contribution is 0.101. The number of ketones is 1. The molecule has 0 heterocycles. The molecule has 0 unspecified atom stereocenters. The van der Waals surface area contributed by atoms with Crippen LogP contribution in [0.1, 0.15) is 17.3 Å². The molecule has 0 aliphatic heterocycles. The van der Waals surface area contributed by atoms with Crippen molar-refractivity contribution in [3.05, 3.63) is 48.6 Å². The van der Waals surface area contributed by atoms with Gasteiger partial charge < -0.3 is 9.47 Å². The number of ether oxygens (including phenoxy) is 2. The van der Waals surface area contributed by atoms with Crippen molar-refractivity contribution in [2.75, 3.05) is 13.7 Å². The smallest absolute Gasteiger partial charge is 0.164 e. The fourth-order valence-corrected chi connectivity index (χ4v) is 2.05. The Hall–Kier alpha value is -2.29. The van der Waals surface area contributed by atoms with Crippen LogP contribution in [-0.2, 0) is 0 Å². The number of fused-ring (bicyclic) bond motifs is 1. The molecule has 3 heteroatoms. The second kappa shape index (κ2) is 5.57. The van der Waals surface area contributed by atoms with Gasteiger partial charge in [-0.25, -0.2) is 0 Å². The summed E-state index contributed by atoms with van der Waals surface area (Å²) in [6.45, 7) is 5.53. The number of methoxy groups -OCH3 is 1. The molecule has 0 saturated heterocycles. The van der Waals surface area contributed by atoms with Crippen molar-refractivity contribution in [1.82, 2.24) is 0 Å². The average Bonchev–Trinajstić information content (AvgIpc) is 2.43. The minimum absolute atomic E-state index is 0.0187. The first-order chi connectivity index (χ1) is 9.17. The zero-order valence-corrected chi connectivity index (χ0v) is 11.1. The van der Waals surface area contributed by atoms with Crippen LogP contribution in [0.15, 0.2) is 43.0 Å². The molecule has 2 rings (SSSR count). The SMILES string of the molecule is C=CCOc1ccc2cc(OC)ccc2c1C(C)=O. The molecule has 0 N–H and O–H groups in total. The Kier molecular flexibility index (Phi) is 3.85. The van der Waals surface area contributed by atoms with E-state index in [1.165, 1.54) is 0 Å². The number of benzene rings is 2. The highest BCUT2D eigenvalue weighted by molar-refractivity contribution is 6.09. The first-order valence-electron chi connectivity index (χ1n) is 6.02. The summed E-state index contributed by atoms with van der Waals surface area (Å²) in [5.74, 6) is 1.33. The highest BCUT2D eigenvalue weighted by Crippen LogP contribution is 2.31. The minimum Gasteiger partial charge on any atom is -0.497 e. The van der Waals surface area contributed by atoms with Gasteiger partial charge in [-0.3, -0.25) is 4.79 Å². The molecule has 19 heavy (non-hydrogen) atoms. The van der Waals surface area contributed by atoms with E-state index in [-0.39, 0.29) is 5.78 Å². The lowest BCUT2D eigenvalue weighted by Crippen LogP contribution is -2.02. The Labute approximate surface area is 112 Å². The summed E-state index contributed by atoms with van der Waals surface area (Å²) in [7, 11) is 1.62. The lowest BCUT2D eigenvalue weighted by Gasteiger charge is -2.12. The maximum atomic E-state index is 11.9. The molecule has 2 aromatic rings. The van der Waals surface area contributed by atoms with Crippen LogP contribution < -0.4 is 9.47 Å². The van der Waals surface area contributed by atoms with Crippen LogP contribution in [0.2, 0.25) is 0 Å². The van der Waals surface area contributed by atoms with Gasteiger partial charge in [-0.2, -0.15) is 0 Å². The first-order valence-corrected chi connectivity index (χ1v) is 6.02. The maximum Gasteiger partial charge on any atom is 0.164 e. The molecule has 0 fully saturated rings. The van der Waals surface area contributed by atoms with Crippen molar-refractivity contribution < 1.29 is 14.3 Å². The molecule has 0 amide bonds. The zero-order chi connectivity index (χ0) is 13.8. The Bertz CT molecular complexity index is 629. The predicted octanol–water partition coefficient (Wildman–Crippen LogP) is 3.62. The van der Waals surface area contributed by atoms with Crippen molar-refractivity contribution in [2.24, 2.45) is 0 Å². The summed E-state index contributed by atoms with van der Waals surface area (Å²) in [6.07, 6.45) is 1.65. The topological polar surface area (TPSA) is 35.5 Å². The molecular weight excluding hydrogens is 240 g/mol. The third-order valence-electron chi connectivity index (χ3n) is 2.90. The van der Waals surface area contributed by atoms with Gasteiger partial charge in [0.2, 0.25) is 0 Å². The van der Waals surface area contributed by atoms with E-state index in [4.69, 9.17) is 9.47 Å². The molecule has 2 aromatic carbocycles. The van der Waals surface area contributed by atoms with Crippen molar-refractivity contribution >= 4 is 16.6 Å². The van der Waals surface area contributed by atoms with E-state index in [1.54, 1.807) is 20.1 Å². The lowest BCUT2D eigenvalue weighted by atomic mass is 10.0. The number of Topliss-reactive ketones (excluding diaryl/α,β-unsaturated/α-hetero) is 1. The van der Waals surface area contributed by atoms with E-state index in [1.807, 2.05) is 30.3 Å². The fraction of sp³-hybridized carbons (Fsp3) is 0.188. The van der Waals surface area contributed by atoms with Gasteiger partial charge in [0, 0.05) is 0 Å². The summed E-state index contributed by atoms with van der Waals surface area (Å²) in [6, 6.07) is 9.35. The highest BCUT2D eigenvalue weighted by atomic mass is 16.5. The molecule has 0 aliphatic rings. The summed E-state index contributed by atoms with van der Waals surface area (Å²) in [4.78, 5) is 11.9. The summed E-state index contributed by atoms with van der Waals surface area (Å²) < 4.78 is 10.7. The Balaban J connectivity index is 2.63. The predicted molar refractivity (Wildman–Crippen MR) is 76.2 cm³/mol. The van der Waals surface area contributed by atoms with E-state index in [9.17, 15) is 4.79 Å². The van der Waals surface area contributed by atoms with Crippen molar-refractivity contribution in [1.29, 1.82) is 0 Å². The third-order valence-corrected chi connectivity index (χ3v) is 2.90. The monoisotopic (exact) mass is 256 g/mol. The van der Waals surface area contributed by atoms with Gasteiger partial charge in [-0.1, -0.05) is 18.7 Å². The van der Waals surface area contributed by atoms with Crippen LogP contribution in [0.3, 0.4) is 0 Å². The number of rotatable bonds is 5. The Morgan fingerprint density at radius 1 is 1.32 bits per heavy atom. The molecule has 0 radical (unpaired) electrons. The second-order valence-corrected chi connectivity index (χ2v) is 4.18. The number of carbonyl (C=O) groups is 1. The molecule has 0 spiro atoms. The van der Waals surface area contributed by atoms with Crippen LogP contribution in [0.4, 0.5) is 0 Å². The molecule has 0 saturated carbocycles. The van der Waals surface area contributed by atoms with Crippen LogP contribution >= 0.6 is 0 Å². The Morgan fingerprint density at radius 3 is 2.74 bits per heavy atom. The van der Waals surface area contributed by atoms with E-state index in [0.29, 0.717) is 17.9 Å². The second-order valence-electron chi connectivity index (χ2n) is 4.18. The Morgan fingerprint density at radius 2 is 2.11 bits per heavy atom. The normalized spacial score (nSPS) is 10.2. The molecule has 0 bridgehead atoms. The largest absolute Gasteiger partial charge is 0.497 e. The van der Waals surface area contributed by atoms with Crippen molar-refractivity contribution in [3.63, 3.8) is 0 Å². The molecule has 0 atom stereocenters. The summed E-state index contributed by atoms with van der Waals surface area (Å²) >= 11 is 0. The van der Waals surface area contributed by atoms with Gasteiger partial charge in [-0.15, -0.1) is 0 Å². The molecule has 0 aromatic heterocycles. The highest BCUT2D eigenvalue weighted by Gasteiger charge is 2.13. The number of hydrogen-bond acceptors (Lipinski definition) is 3. The third kappa shape index (κ3) is 2.60. The molecule has 3 nitrogen and oxygen atoms in total. The van der Waals surface area contributed by atoms with Crippen molar-refractivity contribution in [2.45, 2.75) is 6.92 Å². The van der Waals surface area contributed by atoms with Gasteiger partial charge in [0.15, 0.2) is 5.78 Å². The maximum absolute atomic E-state index is 11.9. The van der Waals surface area contributed by atoms with Crippen LogP contribution in [0.25, 0.3) is 10.8 Å². The van der Waals surface area contributed by atoms with E-state index in [2.05, 4.69) is 6.58 Å². The van der Waals surface area contributed by atoms with E-state index >= 15 is 0 Å². The number of carbonyl (C=O) groups excluding carboxylic acids is 1. The summed E-state index contributed by atoms with van der Waals surface area (Å²) in [5.41, 5.74) is 0.599. The van der Waals surface area contributed by atoms with Crippen LogP contribution in [0.5, 0.6) is 11.5 Å². The molecule has 98 valence electrons. The average molecular weight is 256 g/mol. The van der Waals surface area contributed by atoms with E-state index < -0.39 is 0 Å². The zero-order valence-electron chi connectivity index (χ0n) is 11.1. The van der Waals surface area contributed by atoms with Crippen molar-refractivity contribution in [3.8, 4) is 11.5 Å². The quantitative estimate of drug-likeness (QED) is 0.605. The molecular formula is C16H16O3. The van der Waals surface area contributed by atoms with Gasteiger partial charge in [0.1, 0.15) is 18.1 Å². The summed E-state index contributed by atoms with van der Waals surface area (Å²) in [5, 5.41) is 1.82. The first kappa shape index (κ1) is 13.1. The standard InChI is InChI=1S/C16H16O3/c1-4-9-19-15-8-5-12-10-13(18-3)6-7-14(12)16(15)11(2)17/h4-8,10H,1,9H2,2-3H3. The fourth-order valence-electron chi connectivity index (χ4n) is 2.05. The van der Waals surface area contributed by atoms with Crippen LogP contribution in [0, 0.1) is 0 Å². The number of hydrogen-bond donors (Lipinski definition) is 0. The van der Waals surface area contributed by atoms with Gasteiger partial charge in [0.05, 0.1) is 12.7 Å². The van der Waals surface area contributed by atoms with Crippen LogP contribution in [-0.4, -0.2) is 19.5 Å². The van der Waals surface area contributed by atoms with Gasteiger partial charge >= 0.3 is 0 Å². The minimum atomic E-state index is -0.0187. The molecule has 0 aliphatic carbocycles. The van der Waals surface area contributed by atoms with Gasteiger partial charge in [-0.05, 0) is 42.0 Å². The van der Waals surface area contributed by atoms with E-state index in [0.717, 1.165) is 16.5 Å².